The van der Waals surface area contributed by atoms with Crippen LogP contribution in [0.2, 0.25) is 5.02 Å². The smallest absolute Gasteiger partial charge is 0.276 e. The van der Waals surface area contributed by atoms with Gasteiger partial charge in [0, 0.05) is 5.39 Å². The summed E-state index contributed by atoms with van der Waals surface area (Å²) in [6.07, 6.45) is 0. The number of para-hydroxylation sites is 2. The van der Waals surface area contributed by atoms with Crippen LogP contribution in [0, 0.1) is 6.92 Å². The molecule has 0 atom stereocenters. The summed E-state index contributed by atoms with van der Waals surface area (Å²) in [6.45, 7) is 1.85. The molecule has 4 rings (SSSR count). The largest absolute Gasteiger partial charge is 0.493 e. The van der Waals surface area contributed by atoms with Gasteiger partial charge < -0.3 is 14.5 Å². The first-order valence-electron chi connectivity index (χ1n) is 10.1. The van der Waals surface area contributed by atoms with Gasteiger partial charge in [-0.3, -0.25) is 4.79 Å². The number of aryl methyl sites for hydroxylation is 1. The molecule has 0 unspecified atom stereocenters. The van der Waals surface area contributed by atoms with E-state index in [1.165, 1.54) is 25.3 Å². The Kier molecular flexibility index (Phi) is 6.58. The van der Waals surface area contributed by atoms with E-state index in [9.17, 15) is 13.2 Å². The Morgan fingerprint density at radius 1 is 1.03 bits per heavy atom. The maximum absolute atomic E-state index is 13.1. The van der Waals surface area contributed by atoms with Crippen LogP contribution in [0.25, 0.3) is 11.0 Å². The van der Waals surface area contributed by atoms with Crippen molar-refractivity contribution >= 4 is 44.2 Å². The topological polar surface area (TPSA) is 110 Å². The highest BCUT2D eigenvalue weighted by molar-refractivity contribution is 7.89. The molecule has 0 spiro atoms. The molecule has 4 aromatic rings. The first kappa shape index (κ1) is 23.3. The summed E-state index contributed by atoms with van der Waals surface area (Å²) < 4.78 is 36.6. The standard InChI is InChI=1S/C24H20ClN3O5S/c1-15-10-12-17(13-11-15)34(30,31)28-27-24-18(23(29)26-20-8-4-3-7-19(20)25)14-16-6-5-9-21(32-2)22(16)33-24/h3-14,28H,1-2H3,(H,26,29)/b27-24+. The second-order valence-electron chi connectivity index (χ2n) is 7.30. The SMILES string of the molecule is COc1cccc2cc(C(=O)Nc3ccccc3Cl)/c(=N\NS(=O)(=O)c3ccc(C)cc3)oc12. The van der Waals surface area contributed by atoms with Crippen LogP contribution in [-0.2, 0) is 10.0 Å². The van der Waals surface area contributed by atoms with E-state index in [1.807, 2.05) is 6.92 Å². The van der Waals surface area contributed by atoms with Crippen molar-refractivity contribution in [2.24, 2.45) is 5.10 Å². The molecule has 0 aliphatic carbocycles. The number of benzene rings is 3. The van der Waals surface area contributed by atoms with Gasteiger partial charge in [0.1, 0.15) is 5.56 Å². The molecule has 1 aromatic heterocycles. The maximum Gasteiger partial charge on any atom is 0.276 e. The number of carbonyl (C=O) groups is 1. The van der Waals surface area contributed by atoms with E-state index in [-0.39, 0.29) is 16.0 Å². The van der Waals surface area contributed by atoms with Crippen LogP contribution in [0.3, 0.4) is 0 Å². The van der Waals surface area contributed by atoms with Gasteiger partial charge >= 0.3 is 0 Å². The van der Waals surface area contributed by atoms with Crippen LogP contribution < -0.4 is 20.4 Å². The number of halogens is 1. The van der Waals surface area contributed by atoms with Crippen molar-refractivity contribution in [3.05, 3.63) is 94.5 Å². The summed E-state index contributed by atoms with van der Waals surface area (Å²) in [7, 11) is -2.54. The maximum atomic E-state index is 13.1. The van der Waals surface area contributed by atoms with E-state index in [0.717, 1.165) is 5.56 Å². The number of ether oxygens (including phenoxy) is 1. The Hall–Kier alpha value is -3.82. The molecule has 3 aromatic carbocycles. The minimum absolute atomic E-state index is 0.00715. The minimum atomic E-state index is -4.01. The molecule has 0 saturated heterocycles. The third-order valence-electron chi connectivity index (χ3n) is 4.92. The Balaban J connectivity index is 1.82. The van der Waals surface area contributed by atoms with Gasteiger partial charge in [0.15, 0.2) is 11.3 Å². The van der Waals surface area contributed by atoms with E-state index in [1.54, 1.807) is 54.6 Å². The van der Waals surface area contributed by atoms with Crippen molar-refractivity contribution in [1.82, 2.24) is 4.83 Å². The highest BCUT2D eigenvalue weighted by Crippen LogP contribution is 2.25. The van der Waals surface area contributed by atoms with Crippen molar-refractivity contribution in [2.75, 3.05) is 12.4 Å². The van der Waals surface area contributed by atoms with Crippen LogP contribution >= 0.6 is 11.6 Å². The highest BCUT2D eigenvalue weighted by Gasteiger charge is 2.18. The minimum Gasteiger partial charge on any atom is -0.493 e. The molecule has 0 fully saturated rings. The van der Waals surface area contributed by atoms with Crippen molar-refractivity contribution in [1.29, 1.82) is 0 Å². The fraction of sp³-hybridized carbons (Fsp3) is 0.0833. The fourth-order valence-electron chi connectivity index (χ4n) is 3.15. The zero-order valence-corrected chi connectivity index (χ0v) is 19.8. The lowest BCUT2D eigenvalue weighted by Crippen LogP contribution is -2.27. The van der Waals surface area contributed by atoms with Gasteiger partial charge in [-0.05, 0) is 43.3 Å². The second-order valence-corrected chi connectivity index (χ2v) is 9.37. The van der Waals surface area contributed by atoms with Gasteiger partial charge in [0.2, 0.25) is 5.55 Å². The summed E-state index contributed by atoms with van der Waals surface area (Å²) in [5.41, 5.74) is 1.33. The fourth-order valence-corrected chi connectivity index (χ4v) is 4.14. The molecule has 0 bridgehead atoms. The van der Waals surface area contributed by atoms with Crippen molar-refractivity contribution < 1.29 is 22.4 Å². The van der Waals surface area contributed by atoms with E-state index >= 15 is 0 Å². The van der Waals surface area contributed by atoms with Crippen LogP contribution in [0.15, 0.2) is 87.2 Å². The van der Waals surface area contributed by atoms with Gasteiger partial charge in [-0.1, -0.05) is 53.6 Å². The van der Waals surface area contributed by atoms with E-state index in [4.69, 9.17) is 20.8 Å². The zero-order valence-electron chi connectivity index (χ0n) is 18.2. The molecule has 0 aliphatic rings. The number of nitrogens with one attached hydrogen (secondary N) is 2. The number of anilines is 1. The number of hydrogen-bond acceptors (Lipinski definition) is 6. The normalized spacial score (nSPS) is 11.9. The predicted octanol–water partition coefficient (Wildman–Crippen LogP) is 4.45. The van der Waals surface area contributed by atoms with E-state index in [0.29, 0.717) is 27.4 Å². The molecule has 174 valence electrons. The lowest BCUT2D eigenvalue weighted by Gasteiger charge is -2.10. The lowest BCUT2D eigenvalue weighted by atomic mass is 10.1. The molecule has 2 N–H and O–H groups in total. The van der Waals surface area contributed by atoms with Gasteiger partial charge in [-0.2, -0.15) is 13.2 Å². The number of sulfonamides is 1. The molecule has 1 amide bonds. The van der Waals surface area contributed by atoms with E-state index in [2.05, 4.69) is 15.2 Å². The average molecular weight is 498 g/mol. The van der Waals surface area contributed by atoms with Crippen LogP contribution in [0.5, 0.6) is 5.75 Å². The van der Waals surface area contributed by atoms with Crippen molar-refractivity contribution in [3.63, 3.8) is 0 Å². The van der Waals surface area contributed by atoms with Crippen molar-refractivity contribution in [3.8, 4) is 5.75 Å². The summed E-state index contributed by atoms with van der Waals surface area (Å²) in [5.74, 6) is -0.191. The molecule has 1 heterocycles. The number of nitrogens with zero attached hydrogens (tertiary/aromatic N) is 1. The average Bonchev–Trinajstić information content (AvgIpc) is 2.83. The number of hydrogen-bond donors (Lipinski definition) is 2. The first-order chi connectivity index (χ1) is 16.3. The molecule has 0 saturated carbocycles. The molecule has 0 aliphatic heterocycles. The quantitative estimate of drug-likeness (QED) is 0.382. The second kappa shape index (κ2) is 9.58. The number of fused-ring (bicyclic) bond motifs is 1. The third kappa shape index (κ3) is 4.90. The van der Waals surface area contributed by atoms with Gasteiger partial charge in [0.05, 0.1) is 22.7 Å². The third-order valence-corrected chi connectivity index (χ3v) is 6.48. The van der Waals surface area contributed by atoms with Gasteiger partial charge in [0.25, 0.3) is 15.9 Å². The summed E-state index contributed by atoms with van der Waals surface area (Å²) in [6, 6.07) is 19.7. The van der Waals surface area contributed by atoms with E-state index < -0.39 is 15.9 Å². The molecule has 0 radical (unpaired) electrons. The molecule has 10 heteroatoms. The number of rotatable bonds is 6. The molecular formula is C24H20ClN3O5S. The van der Waals surface area contributed by atoms with Gasteiger partial charge in [-0.25, -0.2) is 0 Å². The number of amides is 1. The predicted molar refractivity (Wildman–Crippen MR) is 129 cm³/mol. The molecule has 34 heavy (non-hydrogen) atoms. The first-order valence-corrected chi connectivity index (χ1v) is 11.9. The summed E-state index contributed by atoms with van der Waals surface area (Å²) >= 11 is 6.16. The monoisotopic (exact) mass is 497 g/mol. The van der Waals surface area contributed by atoms with Crippen LogP contribution in [0.4, 0.5) is 5.69 Å². The Morgan fingerprint density at radius 3 is 2.47 bits per heavy atom. The molecule has 8 nitrogen and oxygen atoms in total. The zero-order chi connectivity index (χ0) is 24.3. The highest BCUT2D eigenvalue weighted by atomic mass is 35.5. The Morgan fingerprint density at radius 2 is 1.76 bits per heavy atom. The lowest BCUT2D eigenvalue weighted by molar-refractivity contribution is 0.102. The van der Waals surface area contributed by atoms with Crippen molar-refractivity contribution in [2.45, 2.75) is 11.8 Å². The Bertz CT molecular complexity index is 1550. The number of methoxy groups -OCH3 is 1. The summed E-state index contributed by atoms with van der Waals surface area (Å²) in [5, 5.41) is 7.53. The van der Waals surface area contributed by atoms with Gasteiger partial charge in [-0.15, -0.1) is 5.10 Å². The Labute approximate surface area is 200 Å². The number of carbonyl (C=O) groups excluding carboxylic acids is 1. The summed E-state index contributed by atoms with van der Waals surface area (Å²) in [4.78, 5) is 15.3. The van der Waals surface area contributed by atoms with Crippen LogP contribution in [-0.4, -0.2) is 21.4 Å². The molecular weight excluding hydrogens is 478 g/mol. The van der Waals surface area contributed by atoms with Crippen LogP contribution in [0.1, 0.15) is 15.9 Å².